The number of imide groups is 1. The summed E-state index contributed by atoms with van der Waals surface area (Å²) in [5.41, 5.74) is 6.77. The highest BCUT2D eigenvalue weighted by Crippen LogP contribution is 2.22. The van der Waals surface area contributed by atoms with Crippen molar-refractivity contribution < 1.29 is 83.0 Å². The van der Waals surface area contributed by atoms with Crippen LogP contribution in [0.3, 0.4) is 0 Å². The molecule has 23 heteroatoms. The van der Waals surface area contributed by atoms with Gasteiger partial charge in [-0.05, 0) is 25.8 Å². The Hall–Kier alpha value is -3.79. The third-order valence-corrected chi connectivity index (χ3v) is 9.44. The van der Waals surface area contributed by atoms with E-state index in [1.54, 1.807) is 0 Å². The van der Waals surface area contributed by atoms with Crippen LogP contribution in [0.4, 0.5) is 0 Å². The summed E-state index contributed by atoms with van der Waals surface area (Å²) in [6, 6.07) is 8.29. The van der Waals surface area contributed by atoms with E-state index in [-0.39, 0.29) is 78.7 Å². The lowest BCUT2D eigenvalue weighted by Gasteiger charge is -2.38. The minimum absolute atomic E-state index is 0.0309. The van der Waals surface area contributed by atoms with Crippen molar-refractivity contribution in [3.8, 4) is 0 Å². The van der Waals surface area contributed by atoms with Gasteiger partial charge in [-0.15, -0.1) is 0 Å². The molecule has 2 fully saturated rings. The lowest BCUT2D eigenvalue weighted by Crippen LogP contribution is -2.57. The molecule has 0 aromatic heterocycles. The molecule has 2 saturated heterocycles. The Kier molecular flexibility index (Phi) is 23.1. The molecule has 2 aliphatic heterocycles. The van der Waals surface area contributed by atoms with E-state index >= 15 is 0 Å². The number of benzene rings is 1. The van der Waals surface area contributed by atoms with Crippen LogP contribution < -0.4 is 27.0 Å². The second-order valence-electron chi connectivity index (χ2n) is 14.5. The smallest absolute Gasteiger partial charge is 0.243 e. The van der Waals surface area contributed by atoms with Crippen LogP contribution in [-0.2, 0) is 58.8 Å². The molecule has 11 atom stereocenters. The van der Waals surface area contributed by atoms with Gasteiger partial charge in [0.05, 0.1) is 83.9 Å². The van der Waals surface area contributed by atoms with Crippen molar-refractivity contribution in [1.29, 1.82) is 0 Å². The number of hydrogen-bond acceptors (Lipinski definition) is 19. The summed E-state index contributed by atoms with van der Waals surface area (Å²) in [6.07, 6.45) is -12.6. The molecule has 0 unspecified atom stereocenters. The van der Waals surface area contributed by atoms with Crippen LogP contribution in [-0.4, -0.2) is 211 Å². The Labute approximate surface area is 353 Å². The lowest BCUT2D eigenvalue weighted by atomic mass is 10.0. The summed E-state index contributed by atoms with van der Waals surface area (Å²) in [7, 11) is 0. The van der Waals surface area contributed by atoms with Crippen LogP contribution in [0.2, 0.25) is 0 Å². The Morgan fingerprint density at radius 3 is 1.54 bits per heavy atom. The van der Waals surface area contributed by atoms with Crippen molar-refractivity contribution >= 4 is 29.5 Å². The summed E-state index contributed by atoms with van der Waals surface area (Å²) in [6.45, 7) is 1.84. The number of carbonyl (C=O) groups is 5. The third-order valence-electron chi connectivity index (χ3n) is 9.44. The fourth-order valence-corrected chi connectivity index (χ4v) is 5.98. The first-order valence-corrected chi connectivity index (χ1v) is 20.0. The molecule has 2 heterocycles. The first kappa shape index (κ1) is 51.6. The zero-order chi connectivity index (χ0) is 44.9. The first-order chi connectivity index (χ1) is 29.1. The van der Waals surface area contributed by atoms with Gasteiger partial charge in [0.2, 0.25) is 29.5 Å². The van der Waals surface area contributed by atoms with Gasteiger partial charge >= 0.3 is 0 Å². The number of amides is 5. The van der Waals surface area contributed by atoms with Crippen molar-refractivity contribution in [2.24, 2.45) is 5.73 Å². The fourth-order valence-electron chi connectivity index (χ4n) is 5.98. The summed E-state index contributed by atoms with van der Waals surface area (Å²) >= 11 is 0. The number of nitrogens with zero attached hydrogens (tertiary/aromatic N) is 1. The zero-order valence-electron chi connectivity index (χ0n) is 34.3. The summed E-state index contributed by atoms with van der Waals surface area (Å²) < 4.78 is 32.4. The standard InChI is InChI=1S/C38H62N6O17/c1-22-30(49)32(51)34(53)37(60-22)58-14-10-41-28(47)20-44(21-29(48)42-11-15-59-38-35(54)33(52)31(50)23(2)61-38)19-27(46)40-9-13-57-17-16-56-12-8-26(45)43-36(55)25(39)18-24-6-4-3-5-7-24/h3-7,22-23,25,30-35,37-38,49-54H,8-21,39H2,1-2H3,(H,40,46)(H,41,47)(H,42,48)(H,43,45,55)/t22-,23-,25-,30+,31+,32+,33+,34-,35-,37+,38+/m0/s1. The highest BCUT2D eigenvalue weighted by Gasteiger charge is 2.43. The van der Waals surface area contributed by atoms with E-state index in [0.717, 1.165) is 5.56 Å². The molecule has 0 aliphatic carbocycles. The van der Waals surface area contributed by atoms with E-state index in [0.29, 0.717) is 0 Å². The van der Waals surface area contributed by atoms with Crippen molar-refractivity contribution in [3.63, 3.8) is 0 Å². The molecule has 12 N–H and O–H groups in total. The van der Waals surface area contributed by atoms with Gasteiger partial charge in [0.25, 0.3) is 0 Å². The second-order valence-corrected chi connectivity index (χ2v) is 14.5. The Bertz CT molecular complexity index is 1440. The highest BCUT2D eigenvalue weighted by molar-refractivity contribution is 5.97. The van der Waals surface area contributed by atoms with E-state index in [1.165, 1.54) is 18.7 Å². The number of rotatable bonds is 26. The molecule has 0 bridgehead atoms. The van der Waals surface area contributed by atoms with Gasteiger partial charge in [-0.25, -0.2) is 0 Å². The SMILES string of the molecule is C[C@@H]1O[C@@H](OCCNC(=O)CN(CC(=O)NCCOCCOCCC(=O)NC(=O)[C@@H](N)Cc2ccccc2)CC(=O)NCCO[C@@H]2O[C@@H](C)[C@@H](O)[C@@H](O)[C@@H]2O)[C@@H](O)[C@H](O)[C@@H]1O. The van der Waals surface area contributed by atoms with Gasteiger partial charge in [0, 0.05) is 19.6 Å². The predicted octanol–water partition coefficient (Wildman–Crippen LogP) is -6.04. The average molecular weight is 875 g/mol. The number of nitrogens with two attached hydrogens (primary N) is 1. The van der Waals surface area contributed by atoms with E-state index < -0.39 is 110 Å². The number of hydrogen-bond donors (Lipinski definition) is 11. The van der Waals surface area contributed by atoms with Crippen LogP contribution in [0.5, 0.6) is 0 Å². The molecule has 61 heavy (non-hydrogen) atoms. The lowest BCUT2D eigenvalue weighted by molar-refractivity contribution is -0.292. The normalized spacial score (nSPS) is 26.9. The number of aliphatic hydroxyl groups is 6. The van der Waals surface area contributed by atoms with Crippen LogP contribution in [0, 0.1) is 0 Å². The van der Waals surface area contributed by atoms with Gasteiger partial charge in [-0.1, -0.05) is 30.3 Å². The second kappa shape index (κ2) is 27.3. The molecule has 23 nitrogen and oxygen atoms in total. The van der Waals surface area contributed by atoms with Crippen LogP contribution in [0.25, 0.3) is 0 Å². The largest absolute Gasteiger partial charge is 0.388 e. The molecule has 0 radical (unpaired) electrons. The van der Waals surface area contributed by atoms with E-state index in [4.69, 9.17) is 34.2 Å². The Balaban J connectivity index is 1.35. The fraction of sp³-hybridized carbons (Fsp3) is 0.711. The Morgan fingerprint density at radius 2 is 1.07 bits per heavy atom. The van der Waals surface area contributed by atoms with Crippen LogP contribution in [0.1, 0.15) is 25.8 Å². The summed E-state index contributed by atoms with van der Waals surface area (Å²) in [5.74, 6) is -2.82. The maximum Gasteiger partial charge on any atom is 0.243 e. The molecule has 1 aromatic rings. The minimum atomic E-state index is -1.53. The van der Waals surface area contributed by atoms with Gasteiger partial charge < -0.3 is 80.7 Å². The Morgan fingerprint density at radius 1 is 0.623 bits per heavy atom. The van der Waals surface area contributed by atoms with Gasteiger partial charge in [0.1, 0.15) is 36.6 Å². The number of aliphatic hydroxyl groups excluding tert-OH is 6. The van der Waals surface area contributed by atoms with E-state index in [1.807, 2.05) is 30.3 Å². The number of nitrogens with one attached hydrogen (secondary N) is 4. The van der Waals surface area contributed by atoms with Gasteiger partial charge in [0.15, 0.2) is 12.6 Å². The van der Waals surface area contributed by atoms with Crippen LogP contribution >= 0.6 is 0 Å². The van der Waals surface area contributed by atoms with Crippen molar-refractivity contribution in [2.45, 2.75) is 94.1 Å². The number of ether oxygens (including phenoxy) is 6. The summed E-state index contributed by atoms with van der Waals surface area (Å²) in [5, 5.41) is 69.9. The number of carbonyl (C=O) groups excluding carboxylic acids is 5. The predicted molar refractivity (Wildman–Crippen MR) is 210 cm³/mol. The van der Waals surface area contributed by atoms with Crippen molar-refractivity contribution in [2.75, 3.05) is 78.9 Å². The van der Waals surface area contributed by atoms with E-state index in [2.05, 4.69) is 21.3 Å². The van der Waals surface area contributed by atoms with Gasteiger partial charge in [-0.3, -0.25) is 34.2 Å². The maximum atomic E-state index is 12.8. The van der Waals surface area contributed by atoms with Crippen molar-refractivity contribution in [3.05, 3.63) is 35.9 Å². The molecular weight excluding hydrogens is 812 g/mol. The molecule has 0 saturated carbocycles. The maximum absolute atomic E-state index is 12.8. The van der Waals surface area contributed by atoms with Crippen molar-refractivity contribution in [1.82, 2.24) is 26.2 Å². The molecule has 1 aromatic carbocycles. The first-order valence-electron chi connectivity index (χ1n) is 20.0. The molecule has 5 amide bonds. The molecule has 346 valence electrons. The topological polar surface area (TPSA) is 339 Å². The average Bonchev–Trinajstić information content (AvgIpc) is 3.22. The minimum Gasteiger partial charge on any atom is -0.388 e. The quantitative estimate of drug-likeness (QED) is 0.0386. The molecule has 3 rings (SSSR count). The molecular formula is C38H62N6O17. The van der Waals surface area contributed by atoms with Gasteiger partial charge in [-0.2, -0.15) is 0 Å². The molecule has 2 aliphatic rings. The summed E-state index contributed by atoms with van der Waals surface area (Å²) in [4.78, 5) is 64.0. The zero-order valence-corrected chi connectivity index (χ0v) is 34.3. The monoisotopic (exact) mass is 874 g/mol. The van der Waals surface area contributed by atoms with Crippen LogP contribution in [0.15, 0.2) is 30.3 Å². The molecule has 0 spiro atoms. The third kappa shape index (κ3) is 18.6. The highest BCUT2D eigenvalue weighted by atomic mass is 16.7. The van der Waals surface area contributed by atoms with E-state index in [9.17, 15) is 54.6 Å².